The van der Waals surface area contributed by atoms with Crippen LogP contribution in [0.3, 0.4) is 0 Å². The average Bonchev–Trinajstić information content (AvgIpc) is 3.22. The van der Waals surface area contributed by atoms with Crippen molar-refractivity contribution in [3.63, 3.8) is 0 Å². The van der Waals surface area contributed by atoms with Gasteiger partial charge in [-0.3, -0.25) is 10.3 Å². The smallest absolute Gasteiger partial charge is 0.229 e. The molecule has 0 amide bonds. The van der Waals surface area contributed by atoms with Gasteiger partial charge in [0, 0.05) is 40.7 Å². The number of aromatic nitrogens is 3. The number of H-pyrrole nitrogens is 1. The summed E-state index contributed by atoms with van der Waals surface area (Å²) in [5, 5.41) is 10.6. The maximum Gasteiger partial charge on any atom is 0.229 e. The first-order chi connectivity index (χ1) is 17.4. The Labute approximate surface area is 214 Å². The van der Waals surface area contributed by atoms with Crippen LogP contribution in [0, 0.1) is 19.7 Å². The van der Waals surface area contributed by atoms with Crippen LogP contribution in [0.4, 0.5) is 16.0 Å². The summed E-state index contributed by atoms with van der Waals surface area (Å²) in [6, 6.07) is 14.1. The van der Waals surface area contributed by atoms with Gasteiger partial charge in [-0.15, -0.1) is 0 Å². The Morgan fingerprint density at radius 2 is 1.81 bits per heavy atom. The van der Waals surface area contributed by atoms with E-state index in [1.165, 1.54) is 12.1 Å². The highest BCUT2D eigenvalue weighted by molar-refractivity contribution is 7.80. The molecule has 4 rings (SSSR count). The Kier molecular flexibility index (Phi) is 8.06. The molecule has 10 heteroatoms. The highest BCUT2D eigenvalue weighted by Gasteiger charge is 2.09. The van der Waals surface area contributed by atoms with Gasteiger partial charge in [0.15, 0.2) is 5.11 Å². The number of guanidine groups is 1. The molecule has 4 N–H and O–H groups in total. The van der Waals surface area contributed by atoms with Gasteiger partial charge < -0.3 is 20.4 Å². The van der Waals surface area contributed by atoms with E-state index in [0.29, 0.717) is 36.6 Å². The molecule has 0 saturated heterocycles. The minimum absolute atomic E-state index is 0.270. The third kappa shape index (κ3) is 6.76. The number of anilines is 2. The Hall–Kier alpha value is -4.05. The zero-order valence-electron chi connectivity index (χ0n) is 20.4. The molecule has 0 bridgehead atoms. The van der Waals surface area contributed by atoms with Crippen LogP contribution in [-0.4, -0.2) is 39.2 Å². The summed E-state index contributed by atoms with van der Waals surface area (Å²) >= 11 is 5.51. The second kappa shape index (κ2) is 11.6. The fourth-order valence-electron chi connectivity index (χ4n) is 3.71. The van der Waals surface area contributed by atoms with Crippen LogP contribution >= 0.6 is 12.2 Å². The second-order valence-electron chi connectivity index (χ2n) is 8.12. The number of aromatic amines is 1. The number of nitrogens with one attached hydrogen (secondary N) is 4. The molecule has 0 fully saturated rings. The van der Waals surface area contributed by atoms with Gasteiger partial charge in [0.2, 0.25) is 11.9 Å². The molecule has 2 aromatic carbocycles. The molecule has 2 heterocycles. The predicted octanol–water partition coefficient (Wildman–Crippen LogP) is 5.11. The van der Waals surface area contributed by atoms with Gasteiger partial charge in [-0.05, 0) is 93.5 Å². The van der Waals surface area contributed by atoms with Gasteiger partial charge in [0.1, 0.15) is 11.6 Å². The summed E-state index contributed by atoms with van der Waals surface area (Å²) in [5.74, 6) is 1.33. The fraction of sp³-hybridized carbons (Fsp3) is 0.231. The largest absolute Gasteiger partial charge is 0.494 e. The molecule has 0 radical (unpaired) electrons. The normalized spacial score (nSPS) is 11.4. The van der Waals surface area contributed by atoms with Crippen LogP contribution in [0.5, 0.6) is 5.75 Å². The lowest BCUT2D eigenvalue weighted by Gasteiger charge is -2.14. The fourth-order valence-corrected chi connectivity index (χ4v) is 3.93. The lowest BCUT2D eigenvalue weighted by molar-refractivity contribution is 0.340. The SMILES string of the molecule is CCOc1ccc(NC(=S)NC(=NCCc2c[nH]c3ccc(F)cc23)Nc2nc(C)cc(C)n2)cc1. The Bertz CT molecular complexity index is 1360. The minimum atomic E-state index is -0.270. The van der Waals surface area contributed by atoms with E-state index in [-0.39, 0.29) is 5.82 Å². The molecule has 0 aliphatic rings. The van der Waals surface area contributed by atoms with Gasteiger partial charge in [-0.25, -0.2) is 14.4 Å². The predicted molar refractivity (Wildman–Crippen MR) is 146 cm³/mol. The van der Waals surface area contributed by atoms with Gasteiger partial charge in [0.05, 0.1) is 6.61 Å². The Morgan fingerprint density at radius 3 is 2.53 bits per heavy atom. The van der Waals surface area contributed by atoms with Gasteiger partial charge >= 0.3 is 0 Å². The van der Waals surface area contributed by atoms with Crippen molar-refractivity contribution in [2.45, 2.75) is 27.2 Å². The summed E-state index contributed by atoms with van der Waals surface area (Å²) in [6.07, 6.45) is 2.48. The molecular formula is C26H28FN7OS. The molecule has 0 spiro atoms. The summed E-state index contributed by atoms with van der Waals surface area (Å²) in [7, 11) is 0. The van der Waals surface area contributed by atoms with Crippen molar-refractivity contribution in [1.82, 2.24) is 20.3 Å². The van der Waals surface area contributed by atoms with E-state index in [9.17, 15) is 4.39 Å². The van der Waals surface area contributed by atoms with Crippen LogP contribution in [0.1, 0.15) is 23.9 Å². The first kappa shape index (κ1) is 25.1. The maximum absolute atomic E-state index is 13.7. The third-order valence-corrected chi connectivity index (χ3v) is 5.45. The lowest BCUT2D eigenvalue weighted by Crippen LogP contribution is -2.39. The molecule has 186 valence electrons. The monoisotopic (exact) mass is 505 g/mol. The molecule has 0 saturated carbocycles. The summed E-state index contributed by atoms with van der Waals surface area (Å²) in [6.45, 7) is 6.77. The number of rotatable bonds is 7. The van der Waals surface area contributed by atoms with Crippen LogP contribution in [0.2, 0.25) is 0 Å². The number of hydrogen-bond acceptors (Lipinski definition) is 5. The average molecular weight is 506 g/mol. The number of hydrogen-bond donors (Lipinski definition) is 4. The molecule has 0 unspecified atom stereocenters. The molecule has 0 aliphatic heterocycles. The maximum atomic E-state index is 13.7. The number of benzene rings is 2. The summed E-state index contributed by atoms with van der Waals surface area (Å²) in [4.78, 5) is 16.7. The van der Waals surface area contributed by atoms with E-state index in [2.05, 4.69) is 35.9 Å². The highest BCUT2D eigenvalue weighted by Crippen LogP contribution is 2.20. The van der Waals surface area contributed by atoms with Crippen LogP contribution in [0.25, 0.3) is 10.9 Å². The Balaban J connectivity index is 1.48. The zero-order chi connectivity index (χ0) is 25.5. The van der Waals surface area contributed by atoms with Crippen molar-refractivity contribution in [2.24, 2.45) is 4.99 Å². The standard InChI is InChI=1S/C26H28FN7OS/c1-4-35-21-8-6-20(7-9-21)32-26(36)34-24(33-25-30-16(2)13-17(3)31-25)28-12-11-18-15-29-23-10-5-19(27)14-22(18)23/h5-10,13-15,29H,4,11-12H2,1-3H3,(H3,28,30,31,32,33,34,36). The van der Waals surface area contributed by atoms with Crippen molar-refractivity contribution in [3.05, 3.63) is 77.5 Å². The number of aliphatic imine (C=N–C) groups is 1. The summed E-state index contributed by atoms with van der Waals surface area (Å²) in [5.41, 5.74) is 4.33. The van der Waals surface area contributed by atoms with Gasteiger partial charge in [-0.1, -0.05) is 0 Å². The van der Waals surface area contributed by atoms with E-state index in [1.807, 2.05) is 57.3 Å². The molecular weight excluding hydrogens is 477 g/mol. The topological polar surface area (TPSA) is 99.2 Å². The highest BCUT2D eigenvalue weighted by atomic mass is 32.1. The summed E-state index contributed by atoms with van der Waals surface area (Å²) < 4.78 is 19.2. The van der Waals surface area contributed by atoms with Gasteiger partial charge in [-0.2, -0.15) is 0 Å². The number of thiocarbonyl (C=S) groups is 1. The van der Waals surface area contributed by atoms with E-state index in [4.69, 9.17) is 17.0 Å². The second-order valence-corrected chi connectivity index (χ2v) is 8.53. The number of aryl methyl sites for hydroxylation is 2. The molecule has 8 nitrogen and oxygen atoms in total. The van der Waals surface area contributed by atoms with Crippen molar-refractivity contribution in [2.75, 3.05) is 23.8 Å². The molecule has 0 aliphatic carbocycles. The van der Waals surface area contributed by atoms with Gasteiger partial charge in [0.25, 0.3) is 0 Å². The van der Waals surface area contributed by atoms with Crippen molar-refractivity contribution < 1.29 is 9.13 Å². The number of nitrogens with zero attached hydrogens (tertiary/aromatic N) is 3. The van der Waals surface area contributed by atoms with E-state index in [1.54, 1.807) is 6.07 Å². The van der Waals surface area contributed by atoms with Crippen LogP contribution < -0.4 is 20.7 Å². The zero-order valence-corrected chi connectivity index (χ0v) is 21.2. The van der Waals surface area contributed by atoms with Crippen molar-refractivity contribution in [3.8, 4) is 5.75 Å². The minimum Gasteiger partial charge on any atom is -0.494 e. The van der Waals surface area contributed by atoms with E-state index in [0.717, 1.165) is 39.3 Å². The molecule has 4 aromatic rings. The van der Waals surface area contributed by atoms with E-state index >= 15 is 0 Å². The number of ether oxygens (including phenoxy) is 1. The number of fused-ring (bicyclic) bond motifs is 1. The van der Waals surface area contributed by atoms with Crippen LogP contribution in [0.15, 0.2) is 59.7 Å². The first-order valence-electron chi connectivity index (χ1n) is 11.6. The molecule has 0 atom stereocenters. The van der Waals surface area contributed by atoms with E-state index < -0.39 is 0 Å². The number of halogens is 1. The van der Waals surface area contributed by atoms with Crippen molar-refractivity contribution in [1.29, 1.82) is 0 Å². The molecule has 36 heavy (non-hydrogen) atoms. The Morgan fingerprint density at radius 1 is 1.06 bits per heavy atom. The lowest BCUT2D eigenvalue weighted by atomic mass is 10.1. The first-order valence-corrected chi connectivity index (χ1v) is 12.0. The quantitative estimate of drug-likeness (QED) is 0.157. The van der Waals surface area contributed by atoms with Crippen LogP contribution in [-0.2, 0) is 6.42 Å². The third-order valence-electron chi connectivity index (χ3n) is 5.25. The van der Waals surface area contributed by atoms with Crippen molar-refractivity contribution >= 4 is 45.8 Å². The molecule has 2 aromatic heterocycles.